The van der Waals surface area contributed by atoms with Crippen LogP contribution in [-0.4, -0.2) is 119 Å². The van der Waals surface area contributed by atoms with Crippen molar-refractivity contribution >= 4 is 58.7 Å². The Hall–Kier alpha value is -2.73. The van der Waals surface area contributed by atoms with Crippen molar-refractivity contribution in [2.45, 2.75) is 27.7 Å². The highest BCUT2D eigenvalue weighted by molar-refractivity contribution is 7.64. The zero-order valence-electron chi connectivity index (χ0n) is 27.4. The average molecular weight is 737 g/mol. The summed E-state index contributed by atoms with van der Waals surface area (Å²) in [5.41, 5.74) is 0. The molecule has 0 fully saturated rings. The Kier molecular flexibility index (Phi) is 19.9. The molecule has 0 aromatic rings. The molecule has 0 saturated heterocycles. The van der Waals surface area contributed by atoms with Crippen molar-refractivity contribution < 1.29 is 42.2 Å². The summed E-state index contributed by atoms with van der Waals surface area (Å²) >= 11 is 0. The van der Waals surface area contributed by atoms with Crippen LogP contribution in [0.2, 0.25) is 0 Å². The van der Waals surface area contributed by atoms with Crippen LogP contribution in [0.15, 0.2) is 0 Å². The van der Waals surface area contributed by atoms with Crippen LogP contribution < -0.4 is 53.2 Å². The molecule has 0 heterocycles. The Morgan fingerprint density at radius 2 is 0.543 bits per heavy atom. The van der Waals surface area contributed by atoms with Crippen LogP contribution in [0.4, 0.5) is 24.0 Å². The van der Waals surface area contributed by atoms with Crippen LogP contribution in [0.1, 0.15) is 27.7 Å². The van der Waals surface area contributed by atoms with Gasteiger partial charge in [-0.3, -0.25) is 0 Å². The highest BCUT2D eigenvalue weighted by Crippen LogP contribution is 2.45. The predicted octanol–water partition coefficient (Wildman–Crippen LogP) is 1.93. The normalized spacial score (nSPS) is 14.9. The molecule has 10 amide bonds. The predicted molar refractivity (Wildman–Crippen MR) is 182 cm³/mol. The van der Waals surface area contributed by atoms with Crippen LogP contribution in [0.25, 0.3) is 0 Å². The molecule has 0 aliphatic heterocycles. The highest BCUT2D eigenvalue weighted by Gasteiger charge is 2.27. The molecule has 3 unspecified atom stereocenters. The molecule has 10 N–H and O–H groups in total. The Bertz CT molecular complexity index is 1230. The fourth-order valence-corrected chi connectivity index (χ4v) is 9.07. The molecule has 0 saturated carbocycles. The lowest BCUT2D eigenvalue weighted by molar-refractivity contribution is 0.242. The first-order valence-corrected chi connectivity index (χ1v) is 23.8. The van der Waals surface area contributed by atoms with E-state index in [1.807, 2.05) is 0 Å². The summed E-state index contributed by atoms with van der Waals surface area (Å²) in [6, 6.07) is -3.41. The number of carbonyl (C=O) groups excluding carboxylic acids is 5. The molecule has 23 heteroatoms. The first-order chi connectivity index (χ1) is 21.5. The van der Waals surface area contributed by atoms with Gasteiger partial charge in [0.15, 0.2) is 0 Å². The summed E-state index contributed by atoms with van der Waals surface area (Å²) < 4.78 is 52.1. The number of rotatable bonds is 20. The van der Waals surface area contributed by atoms with Crippen LogP contribution in [0, 0.1) is 0 Å². The Morgan fingerprint density at radius 1 is 0.348 bits per heavy atom. The largest absolute Gasteiger partial charge is 0.341 e. The second kappa shape index (κ2) is 21.2. The van der Waals surface area contributed by atoms with E-state index in [2.05, 4.69) is 53.2 Å². The van der Waals surface area contributed by atoms with Gasteiger partial charge in [0, 0.05) is 26.4 Å². The van der Waals surface area contributed by atoms with Gasteiger partial charge in [-0.1, -0.05) is 27.7 Å². The number of amides is 10. The topological polar surface area (TPSA) is 274 Å². The lowest BCUT2D eigenvalue weighted by Gasteiger charge is -2.22. The van der Waals surface area contributed by atoms with Crippen LogP contribution in [0.5, 0.6) is 0 Å². The summed E-state index contributed by atoms with van der Waals surface area (Å²) in [6.07, 6.45) is -0.966. The maximum atomic E-state index is 13.6. The van der Waals surface area contributed by atoms with E-state index < -0.39 is 77.6 Å². The third-order valence-electron chi connectivity index (χ3n) is 6.98. The molecule has 0 spiro atoms. The van der Waals surface area contributed by atoms with E-state index in [4.69, 9.17) is 0 Å². The fraction of sp³-hybridized carbons (Fsp3) is 0.783. The molecule has 0 bridgehead atoms. The highest BCUT2D eigenvalue weighted by atomic mass is 31.2. The average Bonchev–Trinajstić information content (AvgIpc) is 3.07. The number of carbonyl (C=O) groups is 5. The number of nitrogens with one attached hydrogen (secondary N) is 10. The molecule has 46 heavy (non-hydrogen) atoms. The molecule has 19 nitrogen and oxygen atoms in total. The monoisotopic (exact) mass is 736 g/mol. The number of urea groups is 5. The molecule has 0 radical (unpaired) electrons. The quantitative estimate of drug-likeness (QED) is 0.0817. The van der Waals surface area contributed by atoms with Crippen molar-refractivity contribution in [2.24, 2.45) is 0 Å². The molecule has 268 valence electrons. The maximum Gasteiger partial charge on any atom is 0.315 e. The van der Waals surface area contributed by atoms with E-state index in [0.29, 0.717) is 12.3 Å². The van der Waals surface area contributed by atoms with Gasteiger partial charge in [-0.15, -0.1) is 0 Å². The molecule has 0 rings (SSSR count). The van der Waals surface area contributed by atoms with Gasteiger partial charge in [-0.25, -0.2) is 24.0 Å². The van der Waals surface area contributed by atoms with E-state index in [1.165, 1.54) is 14.1 Å². The van der Waals surface area contributed by atoms with Gasteiger partial charge >= 0.3 is 30.2 Å². The Morgan fingerprint density at radius 3 is 0.761 bits per heavy atom. The van der Waals surface area contributed by atoms with Crippen molar-refractivity contribution in [3.63, 3.8) is 0 Å². The Balaban J connectivity index is 5.09. The van der Waals surface area contributed by atoms with Crippen molar-refractivity contribution in [1.29, 1.82) is 0 Å². The molecular weight excluding hydrogens is 684 g/mol. The van der Waals surface area contributed by atoms with Gasteiger partial charge in [0.25, 0.3) is 0 Å². The first-order valence-electron chi connectivity index (χ1n) is 14.7. The molecule has 0 aliphatic carbocycles. The van der Waals surface area contributed by atoms with E-state index >= 15 is 0 Å². The number of hydrogen-bond donors (Lipinski definition) is 10. The molecule has 3 atom stereocenters. The van der Waals surface area contributed by atoms with Gasteiger partial charge < -0.3 is 71.4 Å². The molecule has 0 aromatic heterocycles. The summed E-state index contributed by atoms with van der Waals surface area (Å²) in [5, 5.41) is 24.2. The second-order valence-electron chi connectivity index (χ2n) is 10.3. The summed E-state index contributed by atoms with van der Waals surface area (Å²) in [6.45, 7) is 6.84. The summed E-state index contributed by atoms with van der Waals surface area (Å²) in [5.74, 6) is 0. The third-order valence-corrected chi connectivity index (χ3v) is 17.5. The fourth-order valence-electron chi connectivity index (χ4n) is 3.27. The minimum absolute atomic E-state index is 0.0183. The maximum absolute atomic E-state index is 13.6. The number of hydrogen-bond acceptors (Lipinski definition) is 9. The summed E-state index contributed by atoms with van der Waals surface area (Å²) in [7, 11) is -9.38. The minimum Gasteiger partial charge on any atom is -0.341 e. The van der Waals surface area contributed by atoms with Gasteiger partial charge in [0.1, 0.15) is 28.6 Å². The molecule has 0 aromatic carbocycles. The van der Waals surface area contributed by atoms with Gasteiger partial charge in [0.05, 0.1) is 50.3 Å². The molecular formula is C23H52N10O9P4. The second-order valence-corrected chi connectivity index (χ2v) is 23.8. The third kappa shape index (κ3) is 17.8. The molecule has 0 aliphatic rings. The summed E-state index contributed by atoms with van der Waals surface area (Å²) in [4.78, 5) is 60.2. The van der Waals surface area contributed by atoms with E-state index in [1.54, 1.807) is 27.7 Å². The SMILES string of the molecule is CCP(=O)(CC)CNC(=O)NCP(=O)(CC)CNC(=O)NCP(=O)(CNC(=O)NC)CNC(=O)NCP(=O)(CC)CNC(=O)NC. The zero-order chi connectivity index (χ0) is 35.4. The van der Waals surface area contributed by atoms with Crippen molar-refractivity contribution in [2.75, 3.05) is 89.0 Å². The Labute approximate surface area is 270 Å². The van der Waals surface area contributed by atoms with Crippen LogP contribution in [-0.2, 0) is 18.3 Å². The minimum atomic E-state index is -3.53. The first kappa shape index (κ1) is 43.3. The van der Waals surface area contributed by atoms with Crippen molar-refractivity contribution in [3.8, 4) is 0 Å². The van der Waals surface area contributed by atoms with Crippen LogP contribution in [0.3, 0.4) is 0 Å². The smallest absolute Gasteiger partial charge is 0.315 e. The van der Waals surface area contributed by atoms with E-state index in [9.17, 15) is 42.2 Å². The lowest BCUT2D eigenvalue weighted by Crippen LogP contribution is -2.43. The zero-order valence-corrected chi connectivity index (χ0v) is 31.0. The van der Waals surface area contributed by atoms with Crippen molar-refractivity contribution in [3.05, 3.63) is 0 Å². The lowest BCUT2D eigenvalue weighted by atomic mass is 10.9. The van der Waals surface area contributed by atoms with Gasteiger partial charge in [0.2, 0.25) is 0 Å². The van der Waals surface area contributed by atoms with Gasteiger partial charge in [-0.05, 0) is 12.3 Å². The standard InChI is InChI=1S/C23H52N10O9P4/c1-7-43(39,8-2)11-28-21(36)29-14-45(41,10-4)15-31-23(38)33-18-46(42,16-27-20(35)25-6)17-32-22(37)30-13-44(40,9-3)12-26-19(34)24-5/h7-18H2,1-6H3,(H2,24,26,34)(H2,25,27,35)(H2,28,29,36)(H2,30,32,37)(H2,31,33,38). The van der Waals surface area contributed by atoms with E-state index in [-0.39, 0.29) is 43.8 Å². The van der Waals surface area contributed by atoms with Crippen molar-refractivity contribution in [1.82, 2.24) is 53.2 Å². The van der Waals surface area contributed by atoms with E-state index in [0.717, 1.165) is 0 Å². The van der Waals surface area contributed by atoms with Crippen LogP contribution >= 0.6 is 28.6 Å². The van der Waals surface area contributed by atoms with Gasteiger partial charge in [-0.2, -0.15) is 0 Å².